The lowest BCUT2D eigenvalue weighted by atomic mass is 10.0. The number of ether oxygens (including phenoxy) is 1. The number of primary amides is 1. The van der Waals surface area contributed by atoms with E-state index in [2.05, 4.69) is 20.3 Å². The van der Waals surface area contributed by atoms with E-state index in [-0.39, 0.29) is 28.0 Å². The number of nitrogen functional groups attached to an aromatic ring is 1. The molecule has 0 aliphatic carbocycles. The molecule has 0 radical (unpaired) electrons. The van der Waals surface area contributed by atoms with Crippen LogP contribution in [0.5, 0.6) is 0 Å². The van der Waals surface area contributed by atoms with Crippen molar-refractivity contribution < 1.29 is 33.5 Å². The van der Waals surface area contributed by atoms with Crippen LogP contribution in [0.4, 0.5) is 5.13 Å². The molecule has 3 heterocycles. The predicted octanol–water partition coefficient (Wildman–Crippen LogP) is 2.02. The lowest BCUT2D eigenvalue weighted by molar-refractivity contribution is -0.154. The van der Waals surface area contributed by atoms with Gasteiger partial charge in [-0.1, -0.05) is 71.9 Å². The first-order valence-electron chi connectivity index (χ1n) is 13.4. The number of fused-ring (bicyclic) bond motifs is 1. The van der Waals surface area contributed by atoms with Gasteiger partial charge in [0, 0.05) is 24.1 Å². The van der Waals surface area contributed by atoms with Crippen LogP contribution in [0.1, 0.15) is 29.8 Å². The molecule has 0 unspecified atom stereocenters. The fraction of sp³-hybridized carbons (Fsp3) is 0.167. The van der Waals surface area contributed by atoms with Crippen LogP contribution in [-0.2, 0) is 33.5 Å². The average molecular weight is 647 g/mol. The first-order valence-corrected chi connectivity index (χ1v) is 15.3. The number of nitrogens with two attached hydrogens (primary N) is 2. The number of amides is 3. The number of β-lactam (4-membered cyclic amide) rings is 1. The van der Waals surface area contributed by atoms with Crippen LogP contribution < -0.4 is 16.8 Å². The van der Waals surface area contributed by atoms with Gasteiger partial charge in [0.25, 0.3) is 11.8 Å². The number of oxime groups is 1. The van der Waals surface area contributed by atoms with E-state index in [1.54, 1.807) is 0 Å². The first kappa shape index (κ1) is 31.2. The number of anilines is 1. The molecule has 1 fully saturated rings. The monoisotopic (exact) mass is 646 g/mol. The number of nitrogens with zero attached hydrogens (tertiary/aromatic N) is 3. The molecule has 15 heteroatoms. The lowest BCUT2D eigenvalue weighted by Crippen LogP contribution is -2.71. The zero-order chi connectivity index (χ0) is 32.1. The van der Waals surface area contributed by atoms with Gasteiger partial charge in [0.2, 0.25) is 5.91 Å². The molecule has 5 N–H and O–H groups in total. The molecule has 0 saturated carbocycles. The van der Waals surface area contributed by atoms with Gasteiger partial charge in [-0.15, -0.1) is 23.1 Å². The Labute approximate surface area is 264 Å². The fourth-order valence-electron chi connectivity index (χ4n) is 4.61. The quantitative estimate of drug-likeness (QED) is 0.0732. The van der Waals surface area contributed by atoms with Crippen molar-refractivity contribution in [1.29, 1.82) is 0 Å². The molecule has 45 heavy (non-hydrogen) atoms. The summed E-state index contributed by atoms with van der Waals surface area (Å²) in [4.78, 5) is 73.6. The van der Waals surface area contributed by atoms with E-state index in [0.717, 1.165) is 24.3 Å². The Morgan fingerprint density at radius 2 is 1.73 bits per heavy atom. The van der Waals surface area contributed by atoms with Crippen molar-refractivity contribution in [2.45, 2.75) is 24.4 Å². The highest BCUT2D eigenvalue weighted by Crippen LogP contribution is 2.42. The summed E-state index contributed by atoms with van der Waals surface area (Å²) in [6, 6.07) is 17.1. The molecule has 2 aromatic carbocycles. The van der Waals surface area contributed by atoms with E-state index in [1.807, 2.05) is 60.7 Å². The van der Waals surface area contributed by atoms with Gasteiger partial charge >= 0.3 is 11.9 Å². The van der Waals surface area contributed by atoms with E-state index >= 15 is 0 Å². The largest absolute Gasteiger partial charge is 0.448 e. The van der Waals surface area contributed by atoms with Gasteiger partial charge in [-0.3, -0.25) is 19.3 Å². The van der Waals surface area contributed by atoms with Crippen LogP contribution in [0, 0.1) is 0 Å². The van der Waals surface area contributed by atoms with Gasteiger partial charge in [0.05, 0.1) is 0 Å². The number of allylic oxidation sites excluding steroid dienone is 1. The molecule has 1 aromatic heterocycles. The second-order valence-electron chi connectivity index (χ2n) is 9.67. The van der Waals surface area contributed by atoms with Gasteiger partial charge in [0.15, 0.2) is 16.9 Å². The summed E-state index contributed by atoms with van der Waals surface area (Å²) in [5.74, 6) is -3.59. The maximum Gasteiger partial charge on any atom is 0.356 e. The lowest BCUT2D eigenvalue weighted by Gasteiger charge is -2.49. The van der Waals surface area contributed by atoms with Gasteiger partial charge in [-0.05, 0) is 16.7 Å². The molecular weight excluding hydrogens is 620 g/mol. The van der Waals surface area contributed by atoms with E-state index < -0.39 is 47.2 Å². The van der Waals surface area contributed by atoms with Crippen molar-refractivity contribution in [2.24, 2.45) is 10.9 Å². The topological polar surface area (TPSA) is 196 Å². The zero-order valence-electron chi connectivity index (χ0n) is 23.6. The summed E-state index contributed by atoms with van der Waals surface area (Å²) < 4.78 is 6.05. The molecule has 3 aromatic rings. The summed E-state index contributed by atoms with van der Waals surface area (Å²) in [5.41, 5.74) is 12.4. The van der Waals surface area contributed by atoms with Crippen LogP contribution in [0.15, 0.2) is 94.6 Å². The number of carbonyl (C=O) groups is 5. The van der Waals surface area contributed by atoms with Crippen molar-refractivity contribution in [3.8, 4) is 0 Å². The Morgan fingerprint density at radius 3 is 2.29 bits per heavy atom. The summed E-state index contributed by atoms with van der Waals surface area (Å²) in [6.45, 7) is 1.11. The van der Waals surface area contributed by atoms with Crippen molar-refractivity contribution in [2.75, 3.05) is 11.5 Å². The number of esters is 1. The Bertz CT molecular complexity index is 1700. The third-order valence-electron chi connectivity index (χ3n) is 6.60. The molecule has 1 saturated heterocycles. The summed E-state index contributed by atoms with van der Waals surface area (Å²) >= 11 is 2.29. The Kier molecular flexibility index (Phi) is 9.39. The maximum absolute atomic E-state index is 13.9. The highest BCUT2D eigenvalue weighted by molar-refractivity contribution is 8.00. The molecule has 13 nitrogen and oxygen atoms in total. The molecule has 2 aliphatic heterocycles. The number of hydrogen-bond donors (Lipinski definition) is 3. The standard InChI is InChI=1S/C30H26N6O7S2/c1-16(37)43-35-22(20-15-45-30(32)33-20)26(39)34-23-27(40)36-24(19(12-13-21(31)38)14-44-28(23)36)29(41)42-25(17-8-4-2-5-9-17)18-10-6-3-7-11-18/h2-13,15,23,25,28H,14H2,1H3,(H2,31,38)(H2,32,33)(H,34,39)/b13-12+,35-22?/t23-,28-/m1/s1. The normalized spacial score (nSPS) is 18.0. The van der Waals surface area contributed by atoms with Crippen LogP contribution in [0.3, 0.4) is 0 Å². The third-order valence-corrected chi connectivity index (χ3v) is 8.58. The molecule has 0 spiro atoms. The minimum Gasteiger partial charge on any atom is -0.448 e. The van der Waals surface area contributed by atoms with Gasteiger partial charge < -0.3 is 26.4 Å². The van der Waals surface area contributed by atoms with Crippen LogP contribution >= 0.6 is 23.1 Å². The molecule has 0 bridgehead atoms. The number of rotatable bonds is 10. The predicted molar refractivity (Wildman–Crippen MR) is 166 cm³/mol. The molecule has 2 atom stereocenters. The molecule has 230 valence electrons. The Balaban J connectivity index is 1.43. The van der Waals surface area contributed by atoms with Crippen LogP contribution in [0.2, 0.25) is 0 Å². The molecule has 5 rings (SSSR count). The number of nitrogens with one attached hydrogen (secondary N) is 1. The maximum atomic E-state index is 13.9. The van der Waals surface area contributed by atoms with Crippen molar-refractivity contribution in [3.63, 3.8) is 0 Å². The van der Waals surface area contributed by atoms with E-state index in [0.29, 0.717) is 16.7 Å². The summed E-state index contributed by atoms with van der Waals surface area (Å²) in [6.07, 6.45) is 1.66. The number of carbonyl (C=O) groups excluding carboxylic acids is 5. The molecule has 3 amide bonds. The van der Waals surface area contributed by atoms with E-state index in [4.69, 9.17) is 16.2 Å². The summed E-state index contributed by atoms with van der Waals surface area (Å²) in [5, 5.41) is 7.10. The van der Waals surface area contributed by atoms with Gasteiger partial charge in [0.1, 0.15) is 22.8 Å². The van der Waals surface area contributed by atoms with Gasteiger partial charge in [-0.2, -0.15) is 0 Å². The van der Waals surface area contributed by atoms with E-state index in [9.17, 15) is 24.0 Å². The highest BCUT2D eigenvalue weighted by atomic mass is 32.2. The number of thiazole rings is 1. The zero-order valence-corrected chi connectivity index (χ0v) is 25.2. The smallest absolute Gasteiger partial charge is 0.356 e. The SMILES string of the molecule is CC(=O)ON=C(C(=O)N[C@@H]1C(=O)N2C(C(=O)OC(c3ccccc3)c3ccccc3)=C(/C=C/C(N)=O)CS[C@H]12)c1csc(N)n1. The molecule has 2 aliphatic rings. The van der Waals surface area contributed by atoms with Crippen LogP contribution in [0.25, 0.3) is 0 Å². The molecular formula is C30H26N6O7S2. The Hall–Kier alpha value is -5.28. The summed E-state index contributed by atoms with van der Waals surface area (Å²) in [7, 11) is 0. The van der Waals surface area contributed by atoms with E-state index in [1.165, 1.54) is 28.1 Å². The number of benzene rings is 2. The second-order valence-corrected chi connectivity index (χ2v) is 11.7. The van der Waals surface area contributed by atoms with Crippen molar-refractivity contribution in [1.82, 2.24) is 15.2 Å². The first-order chi connectivity index (χ1) is 21.6. The van der Waals surface area contributed by atoms with Gasteiger partial charge in [-0.25, -0.2) is 14.6 Å². The minimum absolute atomic E-state index is 0.0482. The number of hydrogen-bond acceptors (Lipinski definition) is 12. The third kappa shape index (κ3) is 6.94. The minimum atomic E-state index is -1.08. The number of aromatic nitrogens is 1. The van der Waals surface area contributed by atoms with Crippen molar-refractivity contribution >= 4 is 63.6 Å². The highest BCUT2D eigenvalue weighted by Gasteiger charge is 2.54. The van der Waals surface area contributed by atoms with Crippen LogP contribution in [-0.4, -0.2) is 62.4 Å². The Morgan fingerprint density at radius 1 is 1.09 bits per heavy atom. The number of thioether (sulfide) groups is 1. The second kappa shape index (κ2) is 13.6. The van der Waals surface area contributed by atoms with Crippen molar-refractivity contribution in [3.05, 3.63) is 106 Å². The average Bonchev–Trinajstić information content (AvgIpc) is 3.47. The fourth-order valence-corrected chi connectivity index (χ4v) is 6.48.